The number of rotatable bonds is 5. The summed E-state index contributed by atoms with van der Waals surface area (Å²) in [5.74, 6) is -1.71. The first-order valence-electron chi connectivity index (χ1n) is 11.6. The third kappa shape index (κ3) is 3.85. The molecule has 3 aromatic carbocycles. The van der Waals surface area contributed by atoms with Gasteiger partial charge in [-0.3, -0.25) is 19.3 Å². The van der Waals surface area contributed by atoms with Gasteiger partial charge < -0.3 is 10.1 Å². The second-order valence-electron chi connectivity index (χ2n) is 8.80. The molecule has 0 radical (unpaired) electrons. The molecule has 1 aliphatic carbocycles. The predicted octanol–water partition coefficient (Wildman–Crippen LogP) is 4.66. The van der Waals surface area contributed by atoms with Gasteiger partial charge >= 0.3 is 5.97 Å². The summed E-state index contributed by atoms with van der Waals surface area (Å²) in [4.78, 5) is 41.5. The first-order valence-corrected chi connectivity index (χ1v) is 11.6. The summed E-state index contributed by atoms with van der Waals surface area (Å²) >= 11 is 0. The van der Waals surface area contributed by atoms with E-state index in [2.05, 4.69) is 5.32 Å². The van der Waals surface area contributed by atoms with Crippen molar-refractivity contribution in [2.75, 3.05) is 16.8 Å². The summed E-state index contributed by atoms with van der Waals surface area (Å²) in [5.41, 5.74) is 1.89. The number of anilines is 2. The van der Waals surface area contributed by atoms with Crippen LogP contribution in [-0.2, 0) is 19.1 Å². The SMILES string of the molecule is O=C(OCC(=O)N1c2ccccc2NC(=O)C12CCCC2)C(c1ccccc1)c1ccccc1. The molecule has 6 nitrogen and oxygen atoms in total. The maximum absolute atomic E-state index is 13.5. The van der Waals surface area contributed by atoms with E-state index >= 15 is 0 Å². The van der Waals surface area contributed by atoms with Crippen LogP contribution >= 0.6 is 0 Å². The Balaban J connectivity index is 1.41. The lowest BCUT2D eigenvalue weighted by Gasteiger charge is -2.44. The monoisotopic (exact) mass is 454 g/mol. The normalized spacial score (nSPS) is 16.3. The minimum atomic E-state index is -0.934. The molecule has 1 N–H and O–H groups in total. The topological polar surface area (TPSA) is 75.7 Å². The van der Waals surface area contributed by atoms with E-state index in [1.807, 2.05) is 78.9 Å². The largest absolute Gasteiger partial charge is 0.455 e. The number of benzene rings is 3. The van der Waals surface area contributed by atoms with Gasteiger partial charge in [-0.05, 0) is 36.1 Å². The molecule has 1 heterocycles. The molecular formula is C28H26N2O4. The van der Waals surface area contributed by atoms with Crippen molar-refractivity contribution in [2.24, 2.45) is 0 Å². The van der Waals surface area contributed by atoms with E-state index in [9.17, 15) is 14.4 Å². The van der Waals surface area contributed by atoms with Crippen molar-refractivity contribution in [1.29, 1.82) is 0 Å². The Morgan fingerprint density at radius 2 is 1.41 bits per heavy atom. The van der Waals surface area contributed by atoms with Crippen LogP contribution in [0, 0.1) is 0 Å². The predicted molar refractivity (Wildman–Crippen MR) is 129 cm³/mol. The molecule has 172 valence electrons. The standard InChI is InChI=1S/C28H26N2O4/c31-24(30-23-16-8-7-15-22(23)29-27(33)28(30)17-9-10-18-28)19-34-26(32)25(20-11-3-1-4-12-20)21-13-5-2-6-14-21/h1-8,11-16,25H,9-10,17-19H2,(H,29,33). The summed E-state index contributed by atoms with van der Waals surface area (Å²) in [6.07, 6.45) is 2.90. The van der Waals surface area contributed by atoms with Gasteiger partial charge in [0.05, 0.1) is 11.4 Å². The third-order valence-electron chi connectivity index (χ3n) is 6.76. The van der Waals surface area contributed by atoms with Crippen molar-refractivity contribution in [1.82, 2.24) is 0 Å². The number of hydrogen-bond acceptors (Lipinski definition) is 4. The van der Waals surface area contributed by atoms with Gasteiger partial charge in [0.15, 0.2) is 6.61 Å². The first-order chi connectivity index (χ1) is 16.6. The molecule has 0 bridgehead atoms. The van der Waals surface area contributed by atoms with Crippen molar-refractivity contribution in [3.8, 4) is 0 Å². The minimum Gasteiger partial charge on any atom is -0.455 e. The highest BCUT2D eigenvalue weighted by molar-refractivity contribution is 6.15. The molecule has 0 saturated heterocycles. The van der Waals surface area contributed by atoms with E-state index in [0.29, 0.717) is 24.2 Å². The van der Waals surface area contributed by atoms with E-state index in [1.54, 1.807) is 11.0 Å². The fraction of sp³-hybridized carbons (Fsp3) is 0.250. The fourth-order valence-corrected chi connectivity index (χ4v) is 5.17. The zero-order chi connectivity index (χ0) is 23.5. The van der Waals surface area contributed by atoms with Gasteiger partial charge in [-0.1, -0.05) is 85.6 Å². The van der Waals surface area contributed by atoms with Gasteiger partial charge in [0.25, 0.3) is 11.8 Å². The van der Waals surface area contributed by atoms with E-state index in [4.69, 9.17) is 4.74 Å². The van der Waals surface area contributed by atoms with Crippen LogP contribution in [0.4, 0.5) is 11.4 Å². The number of nitrogens with zero attached hydrogens (tertiary/aromatic N) is 1. The number of esters is 1. The molecule has 0 aromatic heterocycles. The van der Waals surface area contributed by atoms with Crippen LogP contribution in [0.15, 0.2) is 84.9 Å². The second kappa shape index (κ2) is 9.14. The van der Waals surface area contributed by atoms with Gasteiger partial charge in [0.2, 0.25) is 0 Å². The second-order valence-corrected chi connectivity index (χ2v) is 8.80. The van der Waals surface area contributed by atoms with Crippen molar-refractivity contribution < 1.29 is 19.1 Å². The zero-order valence-corrected chi connectivity index (χ0v) is 18.8. The van der Waals surface area contributed by atoms with Crippen molar-refractivity contribution in [3.05, 3.63) is 96.1 Å². The van der Waals surface area contributed by atoms with Crippen molar-refractivity contribution in [2.45, 2.75) is 37.1 Å². The van der Waals surface area contributed by atoms with Gasteiger partial charge in [-0.25, -0.2) is 0 Å². The number of nitrogens with one attached hydrogen (secondary N) is 1. The Morgan fingerprint density at radius 3 is 2.03 bits per heavy atom. The number of ether oxygens (including phenoxy) is 1. The number of fused-ring (bicyclic) bond motifs is 1. The highest BCUT2D eigenvalue weighted by Gasteiger charge is 2.52. The Hall–Kier alpha value is -3.93. The molecule has 1 aliphatic heterocycles. The molecule has 1 fully saturated rings. The zero-order valence-electron chi connectivity index (χ0n) is 18.8. The lowest BCUT2D eigenvalue weighted by atomic mass is 9.89. The van der Waals surface area contributed by atoms with Crippen LogP contribution in [0.5, 0.6) is 0 Å². The van der Waals surface area contributed by atoms with E-state index < -0.39 is 29.9 Å². The Labute approximate surface area is 198 Å². The lowest BCUT2D eigenvalue weighted by Crippen LogP contribution is -2.61. The van der Waals surface area contributed by atoms with Crippen LogP contribution in [0.3, 0.4) is 0 Å². The maximum Gasteiger partial charge on any atom is 0.318 e. The molecule has 3 aromatic rings. The van der Waals surface area contributed by atoms with Crippen molar-refractivity contribution >= 4 is 29.2 Å². The summed E-state index contributed by atoms with van der Waals surface area (Å²) in [5, 5.41) is 2.96. The molecule has 0 unspecified atom stereocenters. The number of amides is 2. The molecular weight excluding hydrogens is 428 g/mol. The Morgan fingerprint density at radius 1 is 0.853 bits per heavy atom. The molecule has 2 aliphatic rings. The van der Waals surface area contributed by atoms with Crippen LogP contribution in [0.1, 0.15) is 42.7 Å². The van der Waals surface area contributed by atoms with Gasteiger partial charge in [-0.15, -0.1) is 0 Å². The molecule has 1 spiro atoms. The molecule has 6 heteroatoms. The minimum absolute atomic E-state index is 0.171. The number of carbonyl (C=O) groups is 3. The highest BCUT2D eigenvalue weighted by atomic mass is 16.5. The third-order valence-corrected chi connectivity index (χ3v) is 6.76. The van der Waals surface area contributed by atoms with E-state index in [0.717, 1.165) is 24.0 Å². The molecule has 2 amide bonds. The maximum atomic E-state index is 13.5. The van der Waals surface area contributed by atoms with Crippen molar-refractivity contribution in [3.63, 3.8) is 0 Å². The summed E-state index contributed by atoms with van der Waals surface area (Å²) in [6.45, 7) is -0.432. The van der Waals surface area contributed by atoms with Gasteiger partial charge in [0.1, 0.15) is 11.5 Å². The van der Waals surface area contributed by atoms with Gasteiger partial charge in [0, 0.05) is 0 Å². The lowest BCUT2D eigenvalue weighted by molar-refractivity contribution is -0.149. The first kappa shape index (κ1) is 21.9. The Bertz CT molecular complexity index is 1160. The highest BCUT2D eigenvalue weighted by Crippen LogP contribution is 2.45. The molecule has 34 heavy (non-hydrogen) atoms. The number of carbonyl (C=O) groups excluding carboxylic acids is 3. The van der Waals surface area contributed by atoms with E-state index in [1.165, 1.54) is 0 Å². The number of hydrogen-bond donors (Lipinski definition) is 1. The summed E-state index contributed by atoms with van der Waals surface area (Å²) in [6, 6.07) is 26.0. The molecule has 0 atom stereocenters. The average molecular weight is 455 g/mol. The average Bonchev–Trinajstić information content (AvgIpc) is 3.35. The molecule has 1 saturated carbocycles. The number of para-hydroxylation sites is 2. The fourth-order valence-electron chi connectivity index (χ4n) is 5.17. The quantitative estimate of drug-likeness (QED) is 0.569. The summed E-state index contributed by atoms with van der Waals surface area (Å²) in [7, 11) is 0. The van der Waals surface area contributed by atoms with E-state index in [-0.39, 0.29) is 5.91 Å². The van der Waals surface area contributed by atoms with Crippen LogP contribution in [-0.4, -0.2) is 29.9 Å². The summed E-state index contributed by atoms with van der Waals surface area (Å²) < 4.78 is 5.62. The van der Waals surface area contributed by atoms with Gasteiger partial charge in [-0.2, -0.15) is 0 Å². The van der Waals surface area contributed by atoms with Crippen LogP contribution < -0.4 is 10.2 Å². The smallest absolute Gasteiger partial charge is 0.318 e. The van der Waals surface area contributed by atoms with Crippen LogP contribution in [0.2, 0.25) is 0 Å². The Kier molecular flexibility index (Phi) is 5.88. The van der Waals surface area contributed by atoms with Crippen LogP contribution in [0.25, 0.3) is 0 Å². The molecule has 5 rings (SSSR count).